The monoisotopic (exact) mass is 973 g/mol. The highest BCUT2D eigenvalue weighted by atomic mass is 16.6. The summed E-state index contributed by atoms with van der Waals surface area (Å²) in [7, 11) is 0. The first-order valence-corrected chi connectivity index (χ1v) is 29.2. The van der Waals surface area contributed by atoms with Crippen molar-refractivity contribution in [3.8, 4) is 0 Å². The van der Waals surface area contributed by atoms with Gasteiger partial charge in [-0.25, -0.2) is 0 Å². The third-order valence-electron chi connectivity index (χ3n) is 12.3. The minimum atomic E-state index is -0.814. The van der Waals surface area contributed by atoms with Crippen molar-refractivity contribution in [3.63, 3.8) is 0 Å². The van der Waals surface area contributed by atoms with Crippen LogP contribution in [0.5, 0.6) is 0 Å². The zero-order valence-electron chi connectivity index (χ0n) is 45.8. The number of hydrogen-bond acceptors (Lipinski definition) is 6. The molecule has 0 saturated heterocycles. The first-order valence-electron chi connectivity index (χ1n) is 29.2. The topological polar surface area (TPSA) is 78.9 Å². The van der Waals surface area contributed by atoms with Crippen molar-refractivity contribution in [1.29, 1.82) is 0 Å². The third-order valence-corrected chi connectivity index (χ3v) is 12.3. The van der Waals surface area contributed by atoms with E-state index in [2.05, 4.69) is 118 Å². The van der Waals surface area contributed by atoms with Gasteiger partial charge in [0, 0.05) is 19.3 Å². The van der Waals surface area contributed by atoms with Crippen LogP contribution in [-0.4, -0.2) is 37.2 Å². The molecule has 0 amide bonds. The lowest BCUT2D eigenvalue weighted by Gasteiger charge is -2.18. The summed E-state index contributed by atoms with van der Waals surface area (Å²) >= 11 is 0. The van der Waals surface area contributed by atoms with E-state index in [0.29, 0.717) is 19.3 Å². The Morgan fingerprint density at radius 1 is 0.300 bits per heavy atom. The highest BCUT2D eigenvalue weighted by Gasteiger charge is 2.19. The second kappa shape index (κ2) is 57.9. The lowest BCUT2D eigenvalue weighted by atomic mass is 10.1. The summed E-state index contributed by atoms with van der Waals surface area (Å²) in [5, 5.41) is 0. The van der Waals surface area contributed by atoms with Gasteiger partial charge in [0.05, 0.1) is 0 Å². The maximum absolute atomic E-state index is 12.8. The summed E-state index contributed by atoms with van der Waals surface area (Å²) < 4.78 is 16.8. The minimum Gasteiger partial charge on any atom is -0.462 e. The number of carbonyl (C=O) groups excluding carboxylic acids is 3. The van der Waals surface area contributed by atoms with Crippen molar-refractivity contribution in [2.75, 3.05) is 13.2 Å². The maximum Gasteiger partial charge on any atom is 0.306 e. The Bertz CT molecular complexity index is 1400. The van der Waals surface area contributed by atoms with Crippen LogP contribution in [0, 0.1) is 0 Å². The van der Waals surface area contributed by atoms with Gasteiger partial charge in [0.2, 0.25) is 0 Å². The normalized spacial score (nSPS) is 12.8. The van der Waals surface area contributed by atoms with Crippen LogP contribution >= 0.6 is 0 Å². The molecule has 0 aliphatic rings. The summed E-state index contributed by atoms with van der Waals surface area (Å²) in [4.78, 5) is 38.2. The third kappa shape index (κ3) is 55.3. The Hall–Kier alpha value is -3.67. The van der Waals surface area contributed by atoms with Gasteiger partial charge in [0.15, 0.2) is 6.10 Å². The number of allylic oxidation sites excluding steroid dienone is 16. The number of rotatable bonds is 52. The van der Waals surface area contributed by atoms with Crippen molar-refractivity contribution in [3.05, 3.63) is 97.2 Å². The molecule has 0 spiro atoms. The molecule has 400 valence electrons. The number of esters is 3. The molecule has 0 bridgehead atoms. The summed E-state index contributed by atoms with van der Waals surface area (Å²) in [5.74, 6) is -0.973. The van der Waals surface area contributed by atoms with Crippen molar-refractivity contribution in [1.82, 2.24) is 0 Å². The highest BCUT2D eigenvalue weighted by Crippen LogP contribution is 2.14. The lowest BCUT2D eigenvalue weighted by molar-refractivity contribution is -0.167. The summed E-state index contributed by atoms with van der Waals surface area (Å²) in [5.41, 5.74) is 0. The van der Waals surface area contributed by atoms with Crippen LogP contribution in [0.3, 0.4) is 0 Å². The SMILES string of the molecule is CC/C=C\C/C=C\C/C=C\C/C=C\C/C=C\CCCC(=O)OC(COC(=O)CCCCCCC/C=C\CCCCCCC)COC(=O)CCCCCCCCCCC/C=C\C/C=C\CCCCCCC. The van der Waals surface area contributed by atoms with Crippen molar-refractivity contribution in [2.45, 2.75) is 277 Å². The Labute approximate surface area is 432 Å². The molecule has 1 atom stereocenters. The predicted molar refractivity (Wildman–Crippen MR) is 302 cm³/mol. The fourth-order valence-corrected chi connectivity index (χ4v) is 7.91. The minimum absolute atomic E-state index is 0.105. The quantitative estimate of drug-likeness (QED) is 0.0262. The van der Waals surface area contributed by atoms with Crippen LogP contribution in [-0.2, 0) is 28.6 Å². The molecule has 0 aromatic rings. The van der Waals surface area contributed by atoms with E-state index in [-0.39, 0.29) is 37.5 Å². The Kier molecular flexibility index (Phi) is 54.9. The second-order valence-corrected chi connectivity index (χ2v) is 19.2. The molecule has 0 saturated carbocycles. The van der Waals surface area contributed by atoms with E-state index in [9.17, 15) is 14.4 Å². The second-order valence-electron chi connectivity index (χ2n) is 19.2. The molecule has 0 aromatic heterocycles. The van der Waals surface area contributed by atoms with E-state index in [1.165, 1.54) is 128 Å². The van der Waals surface area contributed by atoms with Gasteiger partial charge in [-0.1, -0.05) is 234 Å². The molecule has 0 radical (unpaired) electrons. The van der Waals surface area contributed by atoms with Crippen LogP contribution in [0.1, 0.15) is 271 Å². The number of hydrogen-bond donors (Lipinski definition) is 0. The molecule has 6 nitrogen and oxygen atoms in total. The fraction of sp³-hybridized carbons (Fsp3) is 0.703. The number of unbranched alkanes of at least 4 members (excludes halogenated alkanes) is 25. The molecule has 0 rings (SSSR count). The molecule has 0 aliphatic heterocycles. The fourth-order valence-electron chi connectivity index (χ4n) is 7.91. The summed E-state index contributed by atoms with van der Waals surface area (Å²) in [6.45, 7) is 6.46. The number of ether oxygens (including phenoxy) is 3. The molecule has 6 heteroatoms. The zero-order valence-corrected chi connectivity index (χ0v) is 45.8. The van der Waals surface area contributed by atoms with Gasteiger partial charge in [-0.3, -0.25) is 14.4 Å². The smallest absolute Gasteiger partial charge is 0.306 e. The summed E-state index contributed by atoms with van der Waals surface area (Å²) in [6, 6.07) is 0. The van der Waals surface area contributed by atoms with E-state index in [1.807, 2.05) is 0 Å². The first-order chi connectivity index (χ1) is 34.5. The van der Waals surface area contributed by atoms with Gasteiger partial charge in [-0.05, 0) is 116 Å². The zero-order chi connectivity index (χ0) is 50.7. The largest absolute Gasteiger partial charge is 0.462 e. The van der Waals surface area contributed by atoms with Crippen molar-refractivity contribution >= 4 is 17.9 Å². The summed E-state index contributed by atoms with van der Waals surface area (Å²) in [6.07, 6.45) is 76.9. The Morgan fingerprint density at radius 2 is 0.571 bits per heavy atom. The Morgan fingerprint density at radius 3 is 0.929 bits per heavy atom. The highest BCUT2D eigenvalue weighted by molar-refractivity contribution is 5.71. The maximum atomic E-state index is 12.8. The van der Waals surface area contributed by atoms with E-state index >= 15 is 0 Å². The molecule has 70 heavy (non-hydrogen) atoms. The van der Waals surface area contributed by atoms with Crippen molar-refractivity contribution < 1.29 is 28.6 Å². The molecule has 0 aromatic carbocycles. The molecule has 0 N–H and O–H groups in total. The molecule has 1 unspecified atom stereocenters. The predicted octanol–water partition coefficient (Wildman–Crippen LogP) is 19.7. The molecule has 0 heterocycles. The van der Waals surface area contributed by atoms with E-state index in [0.717, 1.165) is 96.3 Å². The van der Waals surface area contributed by atoms with Crippen LogP contribution in [0.4, 0.5) is 0 Å². The molecular weight excluding hydrogens is 865 g/mol. The number of carbonyl (C=O) groups is 3. The Balaban J connectivity index is 4.45. The van der Waals surface area contributed by atoms with E-state index < -0.39 is 6.10 Å². The van der Waals surface area contributed by atoms with Gasteiger partial charge in [0.1, 0.15) is 13.2 Å². The van der Waals surface area contributed by atoms with Crippen LogP contribution < -0.4 is 0 Å². The lowest BCUT2D eigenvalue weighted by Crippen LogP contribution is -2.30. The van der Waals surface area contributed by atoms with Gasteiger partial charge in [-0.15, -0.1) is 0 Å². The molecule has 0 fully saturated rings. The first kappa shape index (κ1) is 66.3. The van der Waals surface area contributed by atoms with Crippen LogP contribution in [0.15, 0.2) is 97.2 Å². The van der Waals surface area contributed by atoms with E-state index in [1.54, 1.807) is 0 Å². The van der Waals surface area contributed by atoms with Crippen LogP contribution in [0.25, 0.3) is 0 Å². The van der Waals surface area contributed by atoms with Crippen LogP contribution in [0.2, 0.25) is 0 Å². The standard InChI is InChI=1S/C64H108O6/c1-4-7-10-13-16-19-22-25-28-30-31-32-33-35-36-39-42-45-48-51-54-57-63(66)69-60-61(59-68-62(65)56-53-50-47-44-41-38-27-24-21-18-15-12-9-6-3)70-64(67)58-55-52-49-46-43-40-37-34-29-26-23-20-17-14-11-8-5-2/h8,11,17,20,22,24-27,29-31,37,40,46,49,61H,4-7,9-10,12-16,18-19,21,23,28,32-36,38-39,41-45,47-48,50-60H2,1-3H3/b11-8-,20-17-,25-22-,27-24-,29-26-,31-30-,40-37-,49-46-. The average Bonchev–Trinajstić information content (AvgIpc) is 3.36. The van der Waals surface area contributed by atoms with Gasteiger partial charge in [-0.2, -0.15) is 0 Å². The molecule has 0 aliphatic carbocycles. The average molecular weight is 974 g/mol. The van der Waals surface area contributed by atoms with Gasteiger partial charge < -0.3 is 14.2 Å². The van der Waals surface area contributed by atoms with Gasteiger partial charge in [0.25, 0.3) is 0 Å². The van der Waals surface area contributed by atoms with E-state index in [4.69, 9.17) is 14.2 Å². The van der Waals surface area contributed by atoms with Crippen molar-refractivity contribution in [2.24, 2.45) is 0 Å². The molecular formula is C64H108O6. The van der Waals surface area contributed by atoms with Gasteiger partial charge >= 0.3 is 17.9 Å².